The van der Waals surface area contributed by atoms with Gasteiger partial charge in [-0.1, -0.05) is 0 Å². The molecule has 0 amide bonds. The summed E-state index contributed by atoms with van der Waals surface area (Å²) in [4.78, 5) is 21.3. The van der Waals surface area contributed by atoms with Crippen molar-refractivity contribution in [2.45, 2.75) is 20.3 Å². The second kappa shape index (κ2) is 6.04. The molecule has 0 saturated carbocycles. The number of aryl methyl sites for hydroxylation is 1. The van der Waals surface area contributed by atoms with Crippen LogP contribution in [0.1, 0.15) is 17.5 Å². The molecule has 2 N–H and O–H groups in total. The van der Waals surface area contributed by atoms with Gasteiger partial charge in [-0.05, 0) is 13.8 Å². The SMILES string of the molecule is CCNc1nc(OCCc2scnc2C)c2[nH]cnc2n1. The molecular formula is C13H16N6OS. The van der Waals surface area contributed by atoms with Crippen LogP contribution in [0.25, 0.3) is 11.2 Å². The first-order valence-corrected chi connectivity index (χ1v) is 7.62. The molecule has 0 aliphatic carbocycles. The van der Waals surface area contributed by atoms with Gasteiger partial charge >= 0.3 is 0 Å². The number of nitrogens with zero attached hydrogens (tertiary/aromatic N) is 4. The predicted octanol–water partition coefficient (Wildman–Crippen LogP) is 2.17. The third-order valence-electron chi connectivity index (χ3n) is 3.00. The minimum absolute atomic E-state index is 0.524. The molecule has 7 nitrogen and oxygen atoms in total. The lowest BCUT2D eigenvalue weighted by atomic mass is 10.3. The van der Waals surface area contributed by atoms with Crippen molar-refractivity contribution in [3.63, 3.8) is 0 Å². The molecule has 0 aliphatic heterocycles. The number of aromatic amines is 1. The van der Waals surface area contributed by atoms with Crippen LogP contribution in [-0.4, -0.2) is 38.1 Å². The van der Waals surface area contributed by atoms with Gasteiger partial charge in [0.1, 0.15) is 5.52 Å². The molecular weight excluding hydrogens is 288 g/mol. The van der Waals surface area contributed by atoms with Gasteiger partial charge in [-0.25, -0.2) is 9.97 Å². The fourth-order valence-electron chi connectivity index (χ4n) is 1.95. The summed E-state index contributed by atoms with van der Waals surface area (Å²) in [5, 5.41) is 3.08. The van der Waals surface area contributed by atoms with Crippen molar-refractivity contribution in [1.29, 1.82) is 0 Å². The van der Waals surface area contributed by atoms with Crippen molar-refractivity contribution < 1.29 is 4.74 Å². The van der Waals surface area contributed by atoms with Crippen molar-refractivity contribution in [2.75, 3.05) is 18.5 Å². The molecule has 0 saturated heterocycles. The molecule has 3 heterocycles. The molecule has 0 fully saturated rings. The first kappa shape index (κ1) is 13.7. The van der Waals surface area contributed by atoms with Crippen LogP contribution in [0.5, 0.6) is 5.88 Å². The van der Waals surface area contributed by atoms with Crippen LogP contribution < -0.4 is 10.1 Å². The Morgan fingerprint density at radius 3 is 3.00 bits per heavy atom. The molecule has 21 heavy (non-hydrogen) atoms. The summed E-state index contributed by atoms with van der Waals surface area (Å²) in [6.45, 7) is 5.28. The lowest BCUT2D eigenvalue weighted by Crippen LogP contribution is -2.07. The molecule has 0 radical (unpaired) electrons. The number of hydrogen-bond acceptors (Lipinski definition) is 7. The van der Waals surface area contributed by atoms with Gasteiger partial charge in [0.05, 0.1) is 24.1 Å². The number of imidazole rings is 1. The summed E-state index contributed by atoms with van der Waals surface area (Å²) in [7, 11) is 0. The van der Waals surface area contributed by atoms with Crippen molar-refractivity contribution in [3.05, 3.63) is 22.4 Å². The summed E-state index contributed by atoms with van der Waals surface area (Å²) in [5.41, 5.74) is 4.24. The smallest absolute Gasteiger partial charge is 0.245 e. The van der Waals surface area contributed by atoms with Gasteiger partial charge in [0, 0.05) is 17.8 Å². The Bertz CT molecular complexity index is 737. The molecule has 0 aromatic carbocycles. The molecule has 3 rings (SSSR count). The van der Waals surface area contributed by atoms with Crippen LogP contribution in [-0.2, 0) is 6.42 Å². The quantitative estimate of drug-likeness (QED) is 0.725. The molecule has 0 bridgehead atoms. The van der Waals surface area contributed by atoms with E-state index in [1.165, 1.54) is 4.88 Å². The van der Waals surface area contributed by atoms with Gasteiger partial charge in [0.2, 0.25) is 11.8 Å². The van der Waals surface area contributed by atoms with Crippen LogP contribution in [0.2, 0.25) is 0 Å². The molecule has 3 aromatic heterocycles. The lowest BCUT2D eigenvalue weighted by molar-refractivity contribution is 0.314. The van der Waals surface area contributed by atoms with Gasteiger partial charge in [-0.3, -0.25) is 0 Å². The van der Waals surface area contributed by atoms with Crippen molar-refractivity contribution in [2.24, 2.45) is 0 Å². The number of thiazole rings is 1. The fourth-order valence-corrected chi connectivity index (χ4v) is 2.72. The van der Waals surface area contributed by atoms with Gasteiger partial charge in [0.25, 0.3) is 0 Å². The highest BCUT2D eigenvalue weighted by molar-refractivity contribution is 7.09. The maximum absolute atomic E-state index is 5.81. The number of H-pyrrole nitrogens is 1. The van der Waals surface area contributed by atoms with Gasteiger partial charge in [-0.2, -0.15) is 9.97 Å². The summed E-state index contributed by atoms with van der Waals surface area (Å²) >= 11 is 1.64. The van der Waals surface area contributed by atoms with E-state index in [-0.39, 0.29) is 0 Å². The Morgan fingerprint density at radius 2 is 2.24 bits per heavy atom. The van der Waals surface area contributed by atoms with Crippen molar-refractivity contribution in [1.82, 2.24) is 24.9 Å². The Balaban J connectivity index is 1.76. The van der Waals surface area contributed by atoms with E-state index in [1.54, 1.807) is 17.7 Å². The monoisotopic (exact) mass is 304 g/mol. The Hall–Kier alpha value is -2.22. The molecule has 8 heteroatoms. The molecule has 3 aromatic rings. The summed E-state index contributed by atoms with van der Waals surface area (Å²) in [6, 6.07) is 0. The highest BCUT2D eigenvalue weighted by Crippen LogP contribution is 2.21. The number of nitrogens with one attached hydrogen (secondary N) is 2. The van der Waals surface area contributed by atoms with E-state index in [2.05, 4.69) is 30.2 Å². The number of aromatic nitrogens is 5. The third-order valence-corrected chi connectivity index (χ3v) is 3.99. The van der Waals surface area contributed by atoms with Gasteiger partial charge < -0.3 is 15.0 Å². The van der Waals surface area contributed by atoms with E-state index in [1.807, 2.05) is 19.4 Å². The van der Waals surface area contributed by atoms with Crippen LogP contribution in [0.4, 0.5) is 5.95 Å². The zero-order valence-electron chi connectivity index (χ0n) is 11.9. The number of anilines is 1. The minimum Gasteiger partial charge on any atom is -0.476 e. The summed E-state index contributed by atoms with van der Waals surface area (Å²) < 4.78 is 5.81. The molecule has 0 aliphatic rings. The zero-order chi connectivity index (χ0) is 14.7. The van der Waals surface area contributed by atoms with Crippen LogP contribution in [0.15, 0.2) is 11.8 Å². The maximum Gasteiger partial charge on any atom is 0.245 e. The number of rotatable bonds is 6. The third kappa shape index (κ3) is 2.94. The predicted molar refractivity (Wildman–Crippen MR) is 81.9 cm³/mol. The molecule has 0 atom stereocenters. The normalized spacial score (nSPS) is 11.0. The average molecular weight is 304 g/mol. The highest BCUT2D eigenvalue weighted by atomic mass is 32.1. The van der Waals surface area contributed by atoms with Gasteiger partial charge in [0.15, 0.2) is 5.65 Å². The van der Waals surface area contributed by atoms with Crippen molar-refractivity contribution in [3.8, 4) is 5.88 Å². The Kier molecular flexibility index (Phi) is 3.96. The second-order valence-corrected chi connectivity index (χ2v) is 5.38. The second-order valence-electron chi connectivity index (χ2n) is 4.44. The topological polar surface area (TPSA) is 88.6 Å². The van der Waals surface area contributed by atoms with E-state index in [4.69, 9.17) is 4.74 Å². The first-order valence-electron chi connectivity index (χ1n) is 6.74. The van der Waals surface area contributed by atoms with Crippen LogP contribution in [0.3, 0.4) is 0 Å². The standard InChI is InChI=1S/C13H16N6OS/c1-3-14-13-18-11-10(15-6-16-11)12(19-13)20-5-4-9-8(2)17-7-21-9/h6-7H,3-5H2,1-2H3,(H2,14,15,16,18,19). The summed E-state index contributed by atoms with van der Waals surface area (Å²) in [5.74, 6) is 1.05. The number of fused-ring (bicyclic) bond motifs is 1. The Labute approximate surface area is 125 Å². The largest absolute Gasteiger partial charge is 0.476 e. The van der Waals surface area contributed by atoms with E-state index in [9.17, 15) is 0 Å². The Morgan fingerprint density at radius 1 is 1.33 bits per heavy atom. The van der Waals surface area contributed by atoms with Crippen LogP contribution in [0, 0.1) is 6.92 Å². The number of hydrogen-bond donors (Lipinski definition) is 2. The maximum atomic E-state index is 5.81. The van der Waals surface area contributed by atoms with E-state index < -0.39 is 0 Å². The average Bonchev–Trinajstić information content (AvgIpc) is 3.08. The van der Waals surface area contributed by atoms with E-state index in [0.717, 1.165) is 24.2 Å². The molecule has 110 valence electrons. The van der Waals surface area contributed by atoms with E-state index in [0.29, 0.717) is 24.1 Å². The first-order chi connectivity index (χ1) is 10.3. The van der Waals surface area contributed by atoms with Crippen molar-refractivity contribution >= 4 is 28.4 Å². The lowest BCUT2D eigenvalue weighted by Gasteiger charge is -2.08. The van der Waals surface area contributed by atoms with Gasteiger partial charge in [-0.15, -0.1) is 11.3 Å². The molecule has 0 spiro atoms. The number of ether oxygens (including phenoxy) is 1. The summed E-state index contributed by atoms with van der Waals surface area (Å²) in [6.07, 6.45) is 2.40. The molecule has 0 unspecified atom stereocenters. The highest BCUT2D eigenvalue weighted by Gasteiger charge is 2.11. The van der Waals surface area contributed by atoms with E-state index >= 15 is 0 Å². The minimum atomic E-state index is 0.524. The fraction of sp³-hybridized carbons (Fsp3) is 0.385. The zero-order valence-corrected chi connectivity index (χ0v) is 12.7. The van der Waals surface area contributed by atoms with Crippen LogP contribution >= 0.6 is 11.3 Å².